The smallest absolute Gasteiger partial charge is 0.257 e. The Morgan fingerprint density at radius 2 is 2.41 bits per heavy atom. The van der Waals surface area contributed by atoms with Gasteiger partial charge in [0.15, 0.2) is 0 Å². The number of nitrogens with two attached hydrogens (primary N) is 1. The molecule has 1 aromatic heterocycles. The highest BCUT2D eigenvalue weighted by molar-refractivity contribution is 5.95. The van der Waals surface area contributed by atoms with E-state index in [-0.39, 0.29) is 11.9 Å². The highest BCUT2D eigenvalue weighted by Gasteiger charge is 2.32. The molecular formula is C13H20N2O2. The molecule has 0 saturated carbocycles. The fraction of sp³-hybridized carbons (Fsp3) is 0.615. The van der Waals surface area contributed by atoms with Gasteiger partial charge < -0.3 is 15.1 Å². The molecule has 1 aromatic rings. The Hall–Kier alpha value is -1.29. The van der Waals surface area contributed by atoms with Crippen LogP contribution in [0.5, 0.6) is 0 Å². The van der Waals surface area contributed by atoms with Gasteiger partial charge in [0, 0.05) is 19.1 Å². The first-order valence-electron chi connectivity index (χ1n) is 6.20. The second-order valence-corrected chi connectivity index (χ2v) is 4.81. The van der Waals surface area contributed by atoms with Crippen molar-refractivity contribution < 1.29 is 9.21 Å². The van der Waals surface area contributed by atoms with Crippen LogP contribution in [-0.2, 0) is 0 Å². The van der Waals surface area contributed by atoms with Crippen LogP contribution in [0.15, 0.2) is 16.7 Å². The van der Waals surface area contributed by atoms with E-state index in [1.54, 1.807) is 12.3 Å². The molecule has 0 spiro atoms. The summed E-state index contributed by atoms with van der Waals surface area (Å²) in [5, 5.41) is 0. The van der Waals surface area contributed by atoms with E-state index in [4.69, 9.17) is 10.2 Å². The number of amides is 1. The van der Waals surface area contributed by atoms with Gasteiger partial charge in [0.25, 0.3) is 5.91 Å². The monoisotopic (exact) mass is 236 g/mol. The largest absolute Gasteiger partial charge is 0.469 e. The Morgan fingerprint density at radius 1 is 1.65 bits per heavy atom. The molecule has 1 aliphatic rings. The lowest BCUT2D eigenvalue weighted by Gasteiger charge is -2.39. The highest BCUT2D eigenvalue weighted by atomic mass is 16.3. The first kappa shape index (κ1) is 12.2. The summed E-state index contributed by atoms with van der Waals surface area (Å²) in [6.07, 6.45) is 3.77. The minimum atomic E-state index is 0.0539. The molecule has 2 heterocycles. The zero-order chi connectivity index (χ0) is 12.4. The highest BCUT2D eigenvalue weighted by Crippen LogP contribution is 2.25. The molecule has 0 radical (unpaired) electrons. The van der Waals surface area contributed by atoms with E-state index in [1.807, 2.05) is 11.8 Å². The van der Waals surface area contributed by atoms with Crippen molar-refractivity contribution in [3.05, 3.63) is 23.7 Å². The van der Waals surface area contributed by atoms with Crippen molar-refractivity contribution in [2.24, 2.45) is 11.7 Å². The lowest BCUT2D eigenvalue weighted by Crippen LogP contribution is -2.51. The van der Waals surface area contributed by atoms with Crippen molar-refractivity contribution in [3.8, 4) is 0 Å². The van der Waals surface area contributed by atoms with Crippen LogP contribution in [0.4, 0.5) is 0 Å². The SMILES string of the molecule is Cc1occc1C(=O)N1CCC[C@@H](C)[C@@H]1CN. The van der Waals surface area contributed by atoms with E-state index in [2.05, 4.69) is 6.92 Å². The maximum atomic E-state index is 12.4. The Kier molecular flexibility index (Phi) is 3.52. The van der Waals surface area contributed by atoms with Crippen molar-refractivity contribution in [2.75, 3.05) is 13.1 Å². The predicted molar refractivity (Wildman–Crippen MR) is 65.7 cm³/mol. The fourth-order valence-corrected chi connectivity index (χ4v) is 2.62. The normalized spacial score (nSPS) is 25.0. The third kappa shape index (κ3) is 2.22. The lowest BCUT2D eigenvalue weighted by molar-refractivity contribution is 0.0531. The maximum absolute atomic E-state index is 12.4. The van der Waals surface area contributed by atoms with Crippen molar-refractivity contribution in [1.29, 1.82) is 0 Å². The van der Waals surface area contributed by atoms with Gasteiger partial charge in [-0.05, 0) is 31.7 Å². The van der Waals surface area contributed by atoms with E-state index >= 15 is 0 Å². The summed E-state index contributed by atoms with van der Waals surface area (Å²) in [4.78, 5) is 14.3. The van der Waals surface area contributed by atoms with Crippen LogP contribution in [0.25, 0.3) is 0 Å². The summed E-state index contributed by atoms with van der Waals surface area (Å²) >= 11 is 0. The van der Waals surface area contributed by atoms with Gasteiger partial charge in [-0.15, -0.1) is 0 Å². The van der Waals surface area contributed by atoms with Gasteiger partial charge in [0.05, 0.1) is 11.8 Å². The average Bonchev–Trinajstić information content (AvgIpc) is 2.74. The molecule has 0 unspecified atom stereocenters. The third-order valence-corrected chi connectivity index (χ3v) is 3.71. The van der Waals surface area contributed by atoms with Crippen LogP contribution in [0.2, 0.25) is 0 Å². The van der Waals surface area contributed by atoms with Gasteiger partial charge >= 0.3 is 0 Å². The maximum Gasteiger partial charge on any atom is 0.257 e. The Morgan fingerprint density at radius 3 is 3.00 bits per heavy atom. The van der Waals surface area contributed by atoms with Crippen LogP contribution < -0.4 is 5.73 Å². The van der Waals surface area contributed by atoms with Gasteiger partial charge in [0.2, 0.25) is 0 Å². The molecule has 2 rings (SSSR count). The van der Waals surface area contributed by atoms with Crippen molar-refractivity contribution >= 4 is 5.91 Å². The number of rotatable bonds is 2. The van der Waals surface area contributed by atoms with Crippen molar-refractivity contribution in [3.63, 3.8) is 0 Å². The predicted octanol–water partition coefficient (Wildman–Crippen LogP) is 1.79. The fourth-order valence-electron chi connectivity index (χ4n) is 2.62. The number of hydrogen-bond donors (Lipinski definition) is 1. The molecule has 17 heavy (non-hydrogen) atoms. The molecule has 0 aromatic carbocycles. The number of carbonyl (C=O) groups is 1. The molecule has 0 bridgehead atoms. The number of carbonyl (C=O) groups excluding carboxylic acids is 1. The lowest BCUT2D eigenvalue weighted by atomic mass is 9.90. The summed E-state index contributed by atoms with van der Waals surface area (Å²) < 4.78 is 5.19. The summed E-state index contributed by atoms with van der Waals surface area (Å²) in [5.74, 6) is 1.21. The number of likely N-dealkylation sites (tertiary alicyclic amines) is 1. The van der Waals surface area contributed by atoms with Gasteiger partial charge in [-0.2, -0.15) is 0 Å². The van der Waals surface area contributed by atoms with Crippen LogP contribution in [0.3, 0.4) is 0 Å². The molecular weight excluding hydrogens is 216 g/mol. The van der Waals surface area contributed by atoms with Gasteiger partial charge in [-0.25, -0.2) is 0 Å². The summed E-state index contributed by atoms with van der Waals surface area (Å²) in [7, 11) is 0. The zero-order valence-corrected chi connectivity index (χ0v) is 10.5. The topological polar surface area (TPSA) is 59.5 Å². The average molecular weight is 236 g/mol. The van der Waals surface area contributed by atoms with Gasteiger partial charge in [0.1, 0.15) is 5.76 Å². The second-order valence-electron chi connectivity index (χ2n) is 4.81. The van der Waals surface area contributed by atoms with E-state index in [1.165, 1.54) is 0 Å². The molecule has 2 atom stereocenters. The molecule has 2 N–H and O–H groups in total. The Balaban J connectivity index is 2.21. The van der Waals surface area contributed by atoms with E-state index in [0.717, 1.165) is 19.4 Å². The molecule has 1 aliphatic heterocycles. The zero-order valence-electron chi connectivity index (χ0n) is 10.5. The molecule has 0 aliphatic carbocycles. The Labute approximate surface area is 102 Å². The van der Waals surface area contributed by atoms with Crippen molar-refractivity contribution in [1.82, 2.24) is 4.90 Å². The quantitative estimate of drug-likeness (QED) is 0.851. The Bertz CT molecular complexity index is 400. The van der Waals surface area contributed by atoms with Gasteiger partial charge in [-0.3, -0.25) is 4.79 Å². The molecule has 1 fully saturated rings. The minimum Gasteiger partial charge on any atom is -0.469 e. The van der Waals surface area contributed by atoms with E-state index < -0.39 is 0 Å². The molecule has 4 nitrogen and oxygen atoms in total. The third-order valence-electron chi connectivity index (χ3n) is 3.71. The number of hydrogen-bond acceptors (Lipinski definition) is 3. The van der Waals surface area contributed by atoms with Crippen molar-refractivity contribution in [2.45, 2.75) is 32.7 Å². The number of piperidine rings is 1. The first-order chi connectivity index (χ1) is 8.15. The summed E-state index contributed by atoms with van der Waals surface area (Å²) in [6, 6.07) is 1.90. The number of nitrogens with zero attached hydrogens (tertiary/aromatic N) is 1. The minimum absolute atomic E-state index is 0.0539. The van der Waals surface area contributed by atoms with Crippen LogP contribution >= 0.6 is 0 Å². The number of aryl methyl sites for hydroxylation is 1. The molecule has 94 valence electrons. The standard InChI is InChI=1S/C13H20N2O2/c1-9-4-3-6-15(12(9)8-14)13(16)11-5-7-17-10(11)2/h5,7,9,12H,3-4,6,8,14H2,1-2H3/t9-,12+/m1/s1. The molecule has 1 saturated heterocycles. The first-order valence-corrected chi connectivity index (χ1v) is 6.20. The summed E-state index contributed by atoms with van der Waals surface area (Å²) in [5.41, 5.74) is 6.46. The molecule has 4 heteroatoms. The van der Waals surface area contributed by atoms with Crippen LogP contribution in [-0.4, -0.2) is 29.9 Å². The van der Waals surface area contributed by atoms with Crippen LogP contribution in [0.1, 0.15) is 35.9 Å². The number of furan rings is 1. The summed E-state index contributed by atoms with van der Waals surface area (Å²) in [6.45, 7) is 5.32. The van der Waals surface area contributed by atoms with Gasteiger partial charge in [-0.1, -0.05) is 6.92 Å². The second kappa shape index (κ2) is 4.92. The van der Waals surface area contributed by atoms with E-state index in [9.17, 15) is 4.79 Å². The van der Waals surface area contributed by atoms with E-state index in [0.29, 0.717) is 23.8 Å². The van der Waals surface area contributed by atoms with Crippen LogP contribution in [0, 0.1) is 12.8 Å². The molecule has 1 amide bonds.